The highest BCUT2D eigenvalue weighted by atomic mass is 16.5. The normalized spacial score (nSPS) is 8.12. The monoisotopic (exact) mass is 114 g/mol. The molecule has 3 nitrogen and oxygen atoms in total. The third-order valence-electron chi connectivity index (χ3n) is 0.733. The van der Waals surface area contributed by atoms with Crippen LogP contribution >= 0.6 is 0 Å². The van der Waals surface area contributed by atoms with E-state index >= 15 is 0 Å². The summed E-state index contributed by atoms with van der Waals surface area (Å²) in [6, 6.07) is 0. The van der Waals surface area contributed by atoms with Crippen molar-refractivity contribution in [2.45, 2.75) is 12.8 Å². The summed E-state index contributed by atoms with van der Waals surface area (Å²) < 4.78 is 0. The van der Waals surface area contributed by atoms with Gasteiger partial charge in [0.25, 0.3) is 0 Å². The van der Waals surface area contributed by atoms with Crippen molar-refractivity contribution >= 4 is 5.84 Å². The number of hydrogen-bond acceptors (Lipinski definition) is 2. The van der Waals surface area contributed by atoms with Gasteiger partial charge in [-0.3, -0.25) is 16.1 Å². The van der Waals surface area contributed by atoms with Crippen LogP contribution in [0.4, 0.5) is 0 Å². The molecule has 0 fully saturated rings. The third-order valence-corrected chi connectivity index (χ3v) is 0.733. The summed E-state index contributed by atoms with van der Waals surface area (Å²) in [4.78, 5) is 0. The lowest BCUT2D eigenvalue weighted by atomic mass is 10.3. The smallest absolute Gasteiger partial charge is 0.118 e. The summed E-state index contributed by atoms with van der Waals surface area (Å²) in [6.45, 7) is 3.46. The van der Waals surface area contributed by atoms with Crippen LogP contribution in [0.5, 0.6) is 0 Å². The first kappa shape index (κ1) is 7.17. The molecule has 0 radical (unpaired) electrons. The minimum atomic E-state index is 0.130. The molecule has 0 aromatic heterocycles. The molecule has 0 atom stereocenters. The van der Waals surface area contributed by atoms with Crippen LogP contribution in [0.1, 0.15) is 12.8 Å². The van der Waals surface area contributed by atoms with Crippen molar-refractivity contribution in [2.75, 3.05) is 0 Å². The molecule has 8 heavy (non-hydrogen) atoms. The van der Waals surface area contributed by atoms with Crippen LogP contribution in [0.25, 0.3) is 0 Å². The fraction of sp³-hybridized carbons (Fsp3) is 0.400. The maximum atomic E-state index is 8.05. The average Bonchev–Trinajstić information content (AvgIpc) is 1.83. The van der Waals surface area contributed by atoms with E-state index < -0.39 is 0 Å². The minimum absolute atomic E-state index is 0.130. The van der Waals surface area contributed by atoms with E-state index in [1.54, 1.807) is 11.6 Å². The maximum absolute atomic E-state index is 8.05. The van der Waals surface area contributed by atoms with Gasteiger partial charge in [0.2, 0.25) is 0 Å². The number of hydrogen-bond donors (Lipinski definition) is 3. The molecule has 0 amide bonds. The van der Waals surface area contributed by atoms with Gasteiger partial charge in [0, 0.05) is 6.42 Å². The largest absolute Gasteiger partial charge is 0.290 e. The summed E-state index contributed by atoms with van der Waals surface area (Å²) in [5.41, 5.74) is 1.74. The lowest BCUT2D eigenvalue weighted by molar-refractivity contribution is 0.230. The molecule has 0 rings (SSSR count). The van der Waals surface area contributed by atoms with E-state index in [2.05, 4.69) is 6.58 Å². The molecule has 0 aromatic rings. The van der Waals surface area contributed by atoms with Gasteiger partial charge in [-0.15, -0.1) is 6.58 Å². The first-order chi connectivity index (χ1) is 3.81. The number of rotatable bonds is 3. The molecule has 0 aromatic carbocycles. The maximum Gasteiger partial charge on any atom is 0.118 e. The molecular formula is C5H10N2O. The van der Waals surface area contributed by atoms with Crippen LogP contribution in [-0.2, 0) is 0 Å². The Balaban J connectivity index is 3.11. The van der Waals surface area contributed by atoms with Gasteiger partial charge >= 0.3 is 0 Å². The number of nitrogens with one attached hydrogen (secondary N) is 2. The molecule has 0 unspecified atom stereocenters. The predicted molar refractivity (Wildman–Crippen MR) is 32.1 cm³/mol. The van der Waals surface area contributed by atoms with E-state index in [0.29, 0.717) is 6.42 Å². The topological polar surface area (TPSA) is 56.1 Å². The standard InChI is InChI=1S/C5H10N2O/c1-2-3-4-5(6)7-8/h2,8H,1,3-4H2,(H2,6,7). The zero-order valence-corrected chi connectivity index (χ0v) is 4.65. The van der Waals surface area contributed by atoms with Crippen molar-refractivity contribution < 1.29 is 5.21 Å². The molecule has 0 aliphatic carbocycles. The van der Waals surface area contributed by atoms with E-state index in [-0.39, 0.29) is 5.84 Å². The van der Waals surface area contributed by atoms with Gasteiger partial charge in [-0.2, -0.15) is 0 Å². The van der Waals surface area contributed by atoms with Crippen LogP contribution in [0.3, 0.4) is 0 Å². The van der Waals surface area contributed by atoms with Gasteiger partial charge in [0.15, 0.2) is 0 Å². The summed E-state index contributed by atoms with van der Waals surface area (Å²) in [7, 11) is 0. The highest BCUT2D eigenvalue weighted by molar-refractivity contribution is 5.77. The highest BCUT2D eigenvalue weighted by Gasteiger charge is 1.87. The van der Waals surface area contributed by atoms with Crippen molar-refractivity contribution in [2.24, 2.45) is 0 Å². The Morgan fingerprint density at radius 3 is 2.88 bits per heavy atom. The molecule has 0 saturated heterocycles. The molecular weight excluding hydrogens is 104 g/mol. The lowest BCUT2D eigenvalue weighted by Gasteiger charge is -1.95. The highest BCUT2D eigenvalue weighted by Crippen LogP contribution is 1.86. The molecule has 0 saturated carbocycles. The van der Waals surface area contributed by atoms with E-state index in [9.17, 15) is 0 Å². The third kappa shape index (κ3) is 3.36. The van der Waals surface area contributed by atoms with Crippen molar-refractivity contribution in [3.63, 3.8) is 0 Å². The average molecular weight is 114 g/mol. The lowest BCUT2D eigenvalue weighted by Crippen LogP contribution is -2.16. The summed E-state index contributed by atoms with van der Waals surface area (Å²) in [5.74, 6) is 0.130. The second-order valence-electron chi connectivity index (χ2n) is 1.42. The van der Waals surface area contributed by atoms with Crippen molar-refractivity contribution in [3.05, 3.63) is 12.7 Å². The first-order valence-electron chi connectivity index (χ1n) is 2.39. The van der Waals surface area contributed by atoms with Crippen molar-refractivity contribution in [1.82, 2.24) is 5.48 Å². The molecule has 0 aliphatic rings. The summed E-state index contributed by atoms with van der Waals surface area (Å²) >= 11 is 0. The molecule has 0 bridgehead atoms. The van der Waals surface area contributed by atoms with E-state index in [0.717, 1.165) is 6.42 Å². The Kier molecular flexibility index (Phi) is 3.88. The van der Waals surface area contributed by atoms with Crippen LogP contribution < -0.4 is 5.48 Å². The molecule has 46 valence electrons. The van der Waals surface area contributed by atoms with Gasteiger partial charge in [0.05, 0.1) is 0 Å². The minimum Gasteiger partial charge on any atom is -0.290 e. The number of amidine groups is 1. The Labute approximate surface area is 48.5 Å². The fourth-order valence-corrected chi connectivity index (χ4v) is 0.302. The first-order valence-corrected chi connectivity index (χ1v) is 2.39. The number of hydroxylamine groups is 1. The molecule has 3 N–H and O–H groups in total. The molecule has 3 heteroatoms. The molecule has 0 aliphatic heterocycles. The van der Waals surface area contributed by atoms with Gasteiger partial charge in [-0.1, -0.05) is 6.08 Å². The Morgan fingerprint density at radius 1 is 1.88 bits per heavy atom. The predicted octanol–water partition coefficient (Wildman–Crippen LogP) is 0.909. The second-order valence-corrected chi connectivity index (χ2v) is 1.42. The number of allylic oxidation sites excluding steroid dienone is 1. The Morgan fingerprint density at radius 2 is 2.50 bits per heavy atom. The Hall–Kier alpha value is -0.830. The molecule has 0 spiro atoms. The summed E-state index contributed by atoms with van der Waals surface area (Å²) in [6.07, 6.45) is 2.96. The van der Waals surface area contributed by atoms with Crippen LogP contribution in [0, 0.1) is 5.41 Å². The fourth-order valence-electron chi connectivity index (χ4n) is 0.302. The van der Waals surface area contributed by atoms with E-state index in [1.165, 1.54) is 0 Å². The zero-order chi connectivity index (χ0) is 6.41. The zero-order valence-electron chi connectivity index (χ0n) is 4.65. The quantitative estimate of drug-likeness (QED) is 0.221. The van der Waals surface area contributed by atoms with Crippen LogP contribution in [0.2, 0.25) is 0 Å². The van der Waals surface area contributed by atoms with Gasteiger partial charge in [-0.05, 0) is 6.42 Å². The Bertz CT molecular complexity index is 90.4. The van der Waals surface area contributed by atoms with Crippen LogP contribution in [-0.4, -0.2) is 11.0 Å². The van der Waals surface area contributed by atoms with Crippen molar-refractivity contribution in [1.29, 1.82) is 5.41 Å². The summed E-state index contributed by atoms with van der Waals surface area (Å²) in [5, 5.41) is 14.9. The van der Waals surface area contributed by atoms with Crippen molar-refractivity contribution in [3.8, 4) is 0 Å². The van der Waals surface area contributed by atoms with Gasteiger partial charge in [-0.25, -0.2) is 0 Å². The molecule has 0 heterocycles. The van der Waals surface area contributed by atoms with E-state index in [4.69, 9.17) is 10.6 Å². The van der Waals surface area contributed by atoms with Gasteiger partial charge < -0.3 is 0 Å². The second kappa shape index (κ2) is 4.33. The van der Waals surface area contributed by atoms with Crippen LogP contribution in [0.15, 0.2) is 12.7 Å². The van der Waals surface area contributed by atoms with E-state index in [1.807, 2.05) is 0 Å². The SMILES string of the molecule is C=CCCC(=N)NO. The van der Waals surface area contributed by atoms with Gasteiger partial charge in [0.1, 0.15) is 5.84 Å².